The topological polar surface area (TPSA) is 568 Å². The Morgan fingerprint density at radius 2 is 0.273 bits per heavy atom. The molecule has 0 heterocycles. The Bertz CT molecular complexity index is 727. The molecular weight excluding hydrogens is 3370 g/mol. The van der Waals surface area contributed by atoms with Crippen molar-refractivity contribution in [2.75, 3.05) is 90.7 Å². The molecule has 58 heteroatoms. The second kappa shape index (κ2) is 1770. The maximum atomic E-state index is 9.00. The molecule has 0 atom stereocenters. The molecule has 0 aromatic carbocycles. The van der Waals surface area contributed by atoms with Gasteiger partial charge in [0.1, 0.15) is 0 Å². The molecule has 39 N–H and O–H groups in total. The van der Waals surface area contributed by atoms with Crippen LogP contribution in [-0.2, 0) is 327 Å². The molecular formula is C74H302F3I6N13O8S16V6Y6. The van der Waals surface area contributed by atoms with Crippen LogP contribution in [-0.4, -0.2) is 135 Å². The van der Waals surface area contributed by atoms with Gasteiger partial charge in [-0.3, -0.25) is 33.3 Å². The molecule has 918 valence electrons. The maximum Gasteiger partial charge on any atom is 0.300 e. The van der Waals surface area contributed by atoms with E-state index in [1.807, 2.05) is 12.2 Å². The van der Waals surface area contributed by atoms with Crippen LogP contribution in [0.2, 0.25) is 0 Å². The number of allylic oxidation sites excluding steroid dienone is 6. The molecule has 0 aromatic heterocycles. The summed E-state index contributed by atoms with van der Waals surface area (Å²) in [6.45, 7) is 24.0. The molecule has 0 unspecified atom stereocenters. The summed E-state index contributed by atoms with van der Waals surface area (Å²) in [4.78, 5) is 36.0. The first-order valence-electron chi connectivity index (χ1n) is 18.8. The van der Waals surface area contributed by atoms with Crippen molar-refractivity contribution in [2.45, 2.75) is 345 Å². The molecule has 0 amide bonds. The van der Waals surface area contributed by atoms with Crippen LogP contribution >= 0.6 is 347 Å². The predicted octanol–water partition coefficient (Wildman–Crippen LogP) is 40.7. The van der Waals surface area contributed by atoms with Crippen molar-refractivity contribution in [3.63, 3.8) is 0 Å². The van der Waals surface area contributed by atoms with Crippen molar-refractivity contribution < 1.29 is 370 Å². The van der Waals surface area contributed by atoms with Gasteiger partial charge in [-0.15, -0.1) is 157 Å². The summed E-state index contributed by atoms with van der Waals surface area (Å²) in [7, 11) is 9.55. The van der Waals surface area contributed by atoms with Gasteiger partial charge in [-0.1, -0.05) is 337 Å². The third-order valence-corrected chi connectivity index (χ3v) is 3.35. The number of halogens is 9. The first kappa shape index (κ1) is 916. The zero-order chi connectivity index (χ0) is 58.2. The molecule has 0 saturated carbocycles. The fourth-order valence-electron chi connectivity index (χ4n) is 0.667. The van der Waals surface area contributed by atoms with E-state index < -0.39 is 23.9 Å². The molecule has 0 spiro atoms. The zero-order valence-electron chi connectivity index (χ0n) is 64.4. The van der Waals surface area contributed by atoms with E-state index in [1.165, 1.54) is 53.9 Å². The van der Waals surface area contributed by atoms with Crippen LogP contribution in [0.4, 0.5) is 14.1 Å². The van der Waals surface area contributed by atoms with Crippen LogP contribution in [0.5, 0.6) is 0 Å². The minimum atomic E-state index is -0.833. The van der Waals surface area contributed by atoms with E-state index in [0.717, 1.165) is 40.5 Å². The van der Waals surface area contributed by atoms with Crippen LogP contribution in [0.1, 0.15) is 354 Å². The van der Waals surface area contributed by atoms with Crippen molar-refractivity contribution in [2.24, 2.45) is 22.9 Å². The van der Waals surface area contributed by atoms with Crippen molar-refractivity contribution in [3.8, 4) is 0 Å². The number of nitrogens with two attached hydrogens (primary N) is 4. The standard InChI is InChI=1S/2C6H12.2C4H8.4C2H4O2.C2H6S2.4CH5N.8CH4S.32CH4.3FH.6HI.9H3N.6H2S.6V.6Y.6H2/c2*1-3-5-6-4-2;2*1-3-4-2;4*1-2(3)4;1-3-4-2;12*1-2;;;;;;;;;;;;;;;;;;;;;;;;;;;;;;;;;;;;;;;;;;;;;;;;;;;;;;;;;;;;;;;;;;;;;;;;;;/h2*5-6H,3-4H2,1-2H3;2*3H,1,4H2,2H3;4*1H3,(H,3,4);1-2H3;4*2H2,1H3;8*2H,1H3;32*1H4;9*1H;9*1H3;6*1H2;;;;;;;;;;;;;6*1H/i;;;;;;;;;;;;;;;;;;;;;;;;;;;;;;;;;;;;;;;;;;;;;;;;;;;;;;;;;;;;;;;;;;;;;;;;;;;;;;;;;;;;;;;;;3*1+2;;;. The first-order chi connectivity index (χ1) is 30.5. The summed E-state index contributed by atoms with van der Waals surface area (Å²) in [5.41, 5.74) is 18.0. The number of hydrogen-bond acceptors (Lipinski definition) is 27. The largest absolute Gasteiger partial charge is 0.481 e. The minimum Gasteiger partial charge on any atom is -0.481 e. The summed E-state index contributed by atoms with van der Waals surface area (Å²) in [6, 6.07) is 0. The van der Waals surface area contributed by atoms with Crippen LogP contribution in [0.25, 0.3) is 0 Å². The quantitative estimate of drug-likeness (QED) is 0.0487. The van der Waals surface area contributed by atoms with Gasteiger partial charge in [-0.2, -0.15) is 182 Å². The van der Waals surface area contributed by atoms with Gasteiger partial charge in [0.15, 0.2) is 0 Å². The van der Waals surface area contributed by atoms with Gasteiger partial charge >= 0.3 is 0 Å². The Morgan fingerprint density at radius 1 is 0.242 bits per heavy atom. The summed E-state index contributed by atoms with van der Waals surface area (Å²) in [5.74, 6) is -3.33. The third kappa shape index (κ3) is 4850. The summed E-state index contributed by atoms with van der Waals surface area (Å²) in [6.07, 6.45) is 37.0. The average molecular weight is 3680 g/mol. The zero-order valence-corrected chi connectivity index (χ0v) is 119. The average Bonchev–Trinajstić information content (AvgIpc) is 3.35. The van der Waals surface area contributed by atoms with Crippen molar-refractivity contribution in [1.29, 1.82) is 0 Å². The van der Waals surface area contributed by atoms with Gasteiger partial charge in [0.2, 0.25) is 0 Å². The molecule has 0 bridgehead atoms. The molecule has 0 aliphatic carbocycles. The van der Waals surface area contributed by atoms with Gasteiger partial charge in [0.25, 0.3) is 23.9 Å². The van der Waals surface area contributed by atoms with Gasteiger partial charge < -0.3 is 98.7 Å². The van der Waals surface area contributed by atoms with Gasteiger partial charge in [0.05, 0.1) is 0 Å². The van der Waals surface area contributed by atoms with Gasteiger partial charge in [-0.05, 0) is 129 Å². The Morgan fingerprint density at radius 3 is 0.280 bits per heavy atom. The van der Waals surface area contributed by atoms with Crippen molar-refractivity contribution in [3.05, 3.63) is 49.6 Å². The van der Waals surface area contributed by atoms with E-state index in [9.17, 15) is 0 Å². The maximum absolute atomic E-state index is 9.00. The van der Waals surface area contributed by atoms with Crippen LogP contribution in [0.3, 0.4) is 0 Å². The van der Waals surface area contributed by atoms with Crippen LogP contribution < -0.4 is 78.3 Å². The Kier molecular flexibility index (Phi) is 12300. The molecule has 0 aliphatic heterocycles. The van der Waals surface area contributed by atoms with Crippen molar-refractivity contribution >= 4 is 371 Å². The van der Waals surface area contributed by atoms with Crippen LogP contribution in [0.15, 0.2) is 49.6 Å². The van der Waals surface area contributed by atoms with E-state index >= 15 is 0 Å². The third-order valence-electron chi connectivity index (χ3n) is 2.02. The number of aliphatic carboxylic acids is 4. The van der Waals surface area contributed by atoms with Crippen molar-refractivity contribution in [1.82, 2.24) is 55.4 Å². The summed E-state index contributed by atoms with van der Waals surface area (Å²) in [5, 5.41) is 29.7. The minimum absolute atomic E-state index is 0. The smallest absolute Gasteiger partial charge is 0.300 e. The summed E-state index contributed by atoms with van der Waals surface area (Å²) < 4.78 is 0. The number of rotatable bonds is 7. The number of thiol groups is 8. The first-order valence-corrected chi connectivity index (χ1v) is 28.9. The fraction of sp³-hybridized carbons (Fsp3) is 0.838. The Hall–Kier alpha value is 16.2. The second-order valence-corrected chi connectivity index (χ2v) is 9.05. The SMILES string of the molecule is C.C.C.C.C.C.C.C.C.C.C.C.C.C.C.C.C.C.C.C.C.C.C.C.C.C.C.C.C.C.C.C.C=CCC.C=CCC.CC(=O)O.CC(=O)O.CC(=O)O.CC(=O)O.CCC=CCC.CCC=CCC.CN.CN.CN.CN.CS.CS.CS.CS.CS.CS.CS.CS.CSSC.F.F.F.I.I.I.I.I.I.N.N.N.N.N.N.N.N.N.S.S.S.S.S.S.[3HH].[3HH].[3HH].[HH].[HH].[HH].[V].[V].[V].[V].[V].[V].[Y].[Y].[Y].[Y].[Y].[Y]. The molecule has 0 fully saturated rings. The molecule has 21 nitrogen and oxygen atoms in total. The Balaban J connectivity index is -0.00000000148. The molecule has 132 heavy (non-hydrogen) atoms. The molecule has 0 saturated heterocycles. The van der Waals surface area contributed by atoms with Gasteiger partial charge in [-0.25, -0.2) is 0 Å². The fourth-order valence-corrected chi connectivity index (χ4v) is 0.667. The summed E-state index contributed by atoms with van der Waals surface area (Å²) >= 11 is 28.2. The molecule has 0 rings (SSSR count). The van der Waals surface area contributed by atoms with Gasteiger partial charge in [0, 0.05) is 344 Å². The molecule has 12 radical (unpaired) electrons. The molecule has 0 aromatic rings. The van der Waals surface area contributed by atoms with Crippen LogP contribution in [0, 0.1) is 0 Å². The van der Waals surface area contributed by atoms with E-state index in [-0.39, 0.29) is 848 Å². The normalized spacial score (nSPS) is 2.85. The second-order valence-electron chi connectivity index (χ2n) is 6.38. The number of carbonyl (C=O) groups is 4. The van der Waals surface area contributed by atoms with E-state index in [0.29, 0.717) is 0 Å². The van der Waals surface area contributed by atoms with E-state index in [1.54, 1.807) is 71.6 Å². The van der Waals surface area contributed by atoms with E-state index in [2.05, 4.69) is 215 Å². The van der Waals surface area contributed by atoms with E-state index in [4.69, 9.17) is 39.6 Å². The monoisotopic (exact) mass is 3680 g/mol. The molecule has 0 aliphatic rings. The number of carboxylic acid groups (broad SMARTS) is 4. The number of carboxylic acids is 4. The number of hydrogen-bond donors (Lipinski definition) is 25. The predicted molar refractivity (Wildman–Crippen MR) is 776 cm³/mol. The Labute approximate surface area is 1280 Å².